The minimum absolute atomic E-state index is 0.0726. The smallest absolute Gasteiger partial charge is 0.224 e. The van der Waals surface area contributed by atoms with E-state index < -0.39 is 0 Å². The number of nitrogens with zero attached hydrogens (tertiary/aromatic N) is 2. The van der Waals surface area contributed by atoms with Crippen molar-refractivity contribution in [3.8, 4) is 0 Å². The van der Waals surface area contributed by atoms with Crippen LogP contribution in [0, 0.1) is 12.8 Å². The van der Waals surface area contributed by atoms with Crippen molar-refractivity contribution in [2.75, 3.05) is 13.1 Å². The highest BCUT2D eigenvalue weighted by molar-refractivity contribution is 5.84. The lowest BCUT2D eigenvalue weighted by Crippen LogP contribution is -2.50. The lowest BCUT2D eigenvalue weighted by atomic mass is 9.93. The Bertz CT molecular complexity index is 867. The third kappa shape index (κ3) is 4.62. The molecule has 2 fully saturated rings. The summed E-state index contributed by atoms with van der Waals surface area (Å²) in [4.78, 5) is 35.2. The first-order chi connectivity index (χ1) is 14.1. The molecule has 6 heteroatoms. The van der Waals surface area contributed by atoms with Gasteiger partial charge in [-0.3, -0.25) is 9.59 Å². The second kappa shape index (κ2) is 8.97. The summed E-state index contributed by atoms with van der Waals surface area (Å²) in [5.41, 5.74) is 3.19. The number of aromatic amines is 1. The van der Waals surface area contributed by atoms with Gasteiger partial charge in [0.25, 0.3) is 0 Å². The van der Waals surface area contributed by atoms with E-state index in [1.54, 1.807) is 0 Å². The van der Waals surface area contributed by atoms with Gasteiger partial charge in [-0.15, -0.1) is 0 Å². The average molecular weight is 397 g/mol. The van der Waals surface area contributed by atoms with E-state index in [1.807, 2.05) is 17.0 Å². The number of hydrogen-bond acceptors (Lipinski definition) is 3. The molecule has 2 N–H and O–H groups in total. The van der Waals surface area contributed by atoms with E-state index in [9.17, 15) is 9.59 Å². The summed E-state index contributed by atoms with van der Waals surface area (Å²) in [5, 5.41) is 3.07. The Labute approximate surface area is 172 Å². The summed E-state index contributed by atoms with van der Waals surface area (Å²) in [5.74, 6) is 1.12. The van der Waals surface area contributed by atoms with Gasteiger partial charge in [0.15, 0.2) is 0 Å². The van der Waals surface area contributed by atoms with Crippen molar-refractivity contribution in [2.24, 2.45) is 5.92 Å². The molecule has 0 radical (unpaired) electrons. The third-order valence-corrected chi connectivity index (χ3v) is 6.50. The number of hydrogen-bond donors (Lipinski definition) is 2. The molecular weight excluding hydrogens is 364 g/mol. The topological polar surface area (TPSA) is 78.1 Å². The molecule has 2 heterocycles. The highest BCUT2D eigenvalue weighted by Gasteiger charge is 2.34. The number of piperidine rings is 1. The molecule has 2 amide bonds. The number of benzene rings is 1. The number of carbonyl (C=O) groups excluding carboxylic acids is 2. The van der Waals surface area contributed by atoms with E-state index in [1.165, 1.54) is 25.7 Å². The monoisotopic (exact) mass is 396 g/mol. The predicted molar refractivity (Wildman–Crippen MR) is 113 cm³/mol. The third-order valence-electron chi connectivity index (χ3n) is 6.50. The SMILES string of the molecule is Cc1cccc2[nH]c(CCNC(=O)[C@H]3CCC(=O)N(C4CCCCCC4)C3)nc12. The van der Waals surface area contributed by atoms with Crippen LogP contribution in [0.2, 0.25) is 0 Å². The van der Waals surface area contributed by atoms with Crippen molar-refractivity contribution < 1.29 is 9.59 Å². The number of nitrogens with one attached hydrogen (secondary N) is 2. The largest absolute Gasteiger partial charge is 0.355 e. The maximum Gasteiger partial charge on any atom is 0.224 e. The molecule has 156 valence electrons. The minimum atomic E-state index is -0.0890. The lowest BCUT2D eigenvalue weighted by molar-refractivity contribution is -0.141. The van der Waals surface area contributed by atoms with E-state index >= 15 is 0 Å². The van der Waals surface area contributed by atoms with E-state index in [-0.39, 0.29) is 17.7 Å². The fraction of sp³-hybridized carbons (Fsp3) is 0.609. The van der Waals surface area contributed by atoms with Crippen molar-refractivity contribution in [3.05, 3.63) is 29.6 Å². The molecule has 0 spiro atoms. The zero-order valence-electron chi connectivity index (χ0n) is 17.4. The first kappa shape index (κ1) is 19.9. The van der Waals surface area contributed by atoms with E-state index in [2.05, 4.69) is 28.3 Å². The van der Waals surface area contributed by atoms with Crippen molar-refractivity contribution in [1.82, 2.24) is 20.2 Å². The van der Waals surface area contributed by atoms with Crippen LogP contribution in [0.1, 0.15) is 62.8 Å². The Morgan fingerprint density at radius 2 is 2.00 bits per heavy atom. The number of carbonyl (C=O) groups is 2. The molecule has 1 aliphatic carbocycles. The Balaban J connectivity index is 1.30. The molecule has 1 saturated heterocycles. The number of fused-ring (bicyclic) bond motifs is 1. The number of rotatable bonds is 5. The van der Waals surface area contributed by atoms with Gasteiger partial charge in [0, 0.05) is 32.0 Å². The molecule has 1 aromatic carbocycles. The number of amides is 2. The summed E-state index contributed by atoms with van der Waals surface area (Å²) in [6, 6.07) is 6.43. The van der Waals surface area contributed by atoms with Gasteiger partial charge in [0.1, 0.15) is 5.82 Å². The number of para-hydroxylation sites is 1. The maximum atomic E-state index is 12.7. The van der Waals surface area contributed by atoms with Crippen LogP contribution in [-0.2, 0) is 16.0 Å². The van der Waals surface area contributed by atoms with Crippen LogP contribution in [0.5, 0.6) is 0 Å². The van der Waals surface area contributed by atoms with Gasteiger partial charge in [-0.05, 0) is 37.8 Å². The number of likely N-dealkylation sites (tertiary alicyclic amines) is 1. The maximum absolute atomic E-state index is 12.7. The van der Waals surface area contributed by atoms with E-state index in [0.717, 1.165) is 35.3 Å². The first-order valence-corrected chi connectivity index (χ1v) is 11.1. The highest BCUT2D eigenvalue weighted by Crippen LogP contribution is 2.27. The number of aromatic nitrogens is 2. The molecule has 1 aromatic heterocycles. The molecule has 29 heavy (non-hydrogen) atoms. The standard InChI is InChI=1S/C23H32N4O2/c1-16-7-6-10-19-22(16)26-20(25-19)13-14-24-23(29)17-11-12-21(28)27(15-17)18-8-4-2-3-5-9-18/h6-7,10,17-18H,2-5,8-9,11-15H2,1H3,(H,24,29)(H,25,26)/t17-/m0/s1. The Morgan fingerprint density at radius 3 is 2.76 bits per heavy atom. The van der Waals surface area contributed by atoms with Crippen molar-refractivity contribution in [3.63, 3.8) is 0 Å². The van der Waals surface area contributed by atoms with Gasteiger partial charge in [0.05, 0.1) is 17.0 Å². The summed E-state index contributed by atoms with van der Waals surface area (Å²) in [6.45, 7) is 3.20. The molecule has 0 unspecified atom stereocenters. The second-order valence-electron chi connectivity index (χ2n) is 8.62. The van der Waals surface area contributed by atoms with Crippen LogP contribution in [0.25, 0.3) is 11.0 Å². The Kier molecular flexibility index (Phi) is 6.16. The minimum Gasteiger partial charge on any atom is -0.355 e. The van der Waals surface area contributed by atoms with Gasteiger partial charge >= 0.3 is 0 Å². The molecular formula is C23H32N4O2. The highest BCUT2D eigenvalue weighted by atomic mass is 16.2. The molecule has 2 aromatic rings. The molecule has 6 nitrogen and oxygen atoms in total. The van der Waals surface area contributed by atoms with Gasteiger partial charge in [0.2, 0.25) is 11.8 Å². The number of imidazole rings is 1. The summed E-state index contributed by atoms with van der Waals surface area (Å²) >= 11 is 0. The Morgan fingerprint density at radius 1 is 1.21 bits per heavy atom. The fourth-order valence-electron chi connectivity index (χ4n) is 4.80. The van der Waals surface area contributed by atoms with Crippen LogP contribution >= 0.6 is 0 Å². The zero-order chi connectivity index (χ0) is 20.2. The number of aryl methyl sites for hydroxylation is 1. The van der Waals surface area contributed by atoms with Gasteiger partial charge in [-0.1, -0.05) is 37.8 Å². The molecule has 4 rings (SSSR count). The summed E-state index contributed by atoms with van der Waals surface area (Å²) in [7, 11) is 0. The van der Waals surface area contributed by atoms with Crippen molar-refractivity contribution in [2.45, 2.75) is 70.8 Å². The van der Waals surface area contributed by atoms with Crippen LogP contribution in [0.3, 0.4) is 0 Å². The molecule has 1 atom stereocenters. The van der Waals surface area contributed by atoms with Crippen LogP contribution in [-0.4, -0.2) is 45.8 Å². The average Bonchev–Trinajstić information content (AvgIpc) is 2.95. The molecule has 1 aliphatic heterocycles. The quantitative estimate of drug-likeness (QED) is 0.760. The second-order valence-corrected chi connectivity index (χ2v) is 8.62. The molecule has 2 aliphatic rings. The zero-order valence-corrected chi connectivity index (χ0v) is 17.4. The Hall–Kier alpha value is -2.37. The van der Waals surface area contributed by atoms with Gasteiger partial charge < -0.3 is 15.2 Å². The summed E-state index contributed by atoms with van der Waals surface area (Å²) in [6.07, 6.45) is 8.95. The van der Waals surface area contributed by atoms with E-state index in [0.29, 0.717) is 38.4 Å². The lowest BCUT2D eigenvalue weighted by Gasteiger charge is -2.37. The molecule has 1 saturated carbocycles. The normalized spacial score (nSPS) is 21.3. The number of H-pyrrole nitrogens is 1. The van der Waals surface area contributed by atoms with Crippen LogP contribution in [0.4, 0.5) is 0 Å². The van der Waals surface area contributed by atoms with Crippen molar-refractivity contribution in [1.29, 1.82) is 0 Å². The molecule has 0 bridgehead atoms. The van der Waals surface area contributed by atoms with Crippen LogP contribution in [0.15, 0.2) is 18.2 Å². The summed E-state index contributed by atoms with van der Waals surface area (Å²) < 4.78 is 0. The fourth-order valence-corrected chi connectivity index (χ4v) is 4.80. The van der Waals surface area contributed by atoms with Gasteiger partial charge in [-0.25, -0.2) is 4.98 Å². The van der Waals surface area contributed by atoms with Gasteiger partial charge in [-0.2, -0.15) is 0 Å². The van der Waals surface area contributed by atoms with Crippen molar-refractivity contribution >= 4 is 22.8 Å². The van der Waals surface area contributed by atoms with Crippen LogP contribution < -0.4 is 5.32 Å². The predicted octanol–water partition coefficient (Wildman–Crippen LogP) is 3.49. The first-order valence-electron chi connectivity index (χ1n) is 11.1. The van der Waals surface area contributed by atoms with E-state index in [4.69, 9.17) is 0 Å².